The summed E-state index contributed by atoms with van der Waals surface area (Å²) in [6.07, 6.45) is 1.38. The molecule has 0 fully saturated rings. The molecule has 0 bridgehead atoms. The molecule has 0 aliphatic heterocycles. The number of hydrogen-bond donors (Lipinski definition) is 0. The predicted molar refractivity (Wildman–Crippen MR) is 95.6 cm³/mol. The van der Waals surface area contributed by atoms with E-state index in [0.29, 0.717) is 0 Å². The standard InChI is InChI=1S/C18H21N3O7/c1-18(2,3)28-14(22)10-26-16(23)15-11(7-6-8-19-15)27-17-20-12(24-4)9-13(21-17)25-5/h6-9H,10H2,1-5H3. The predicted octanol–water partition coefficient (Wildman–Crippen LogP) is 2.18. The number of carbonyl (C=O) groups excluding carboxylic acids is 2. The van der Waals surface area contributed by atoms with E-state index in [2.05, 4.69) is 15.0 Å². The molecule has 0 saturated carbocycles. The summed E-state index contributed by atoms with van der Waals surface area (Å²) in [5.74, 6) is -1.09. The highest BCUT2D eigenvalue weighted by atomic mass is 16.6. The van der Waals surface area contributed by atoms with Crippen LogP contribution in [0.4, 0.5) is 0 Å². The lowest BCUT2D eigenvalue weighted by Gasteiger charge is -2.19. The number of pyridine rings is 1. The van der Waals surface area contributed by atoms with Crippen LogP contribution in [0.2, 0.25) is 0 Å². The third kappa shape index (κ3) is 6.08. The number of methoxy groups -OCH3 is 2. The lowest BCUT2D eigenvalue weighted by atomic mass is 10.2. The van der Waals surface area contributed by atoms with Gasteiger partial charge in [-0.3, -0.25) is 0 Å². The first-order valence-electron chi connectivity index (χ1n) is 8.20. The quantitative estimate of drug-likeness (QED) is 0.650. The smallest absolute Gasteiger partial charge is 0.361 e. The van der Waals surface area contributed by atoms with E-state index in [9.17, 15) is 9.59 Å². The van der Waals surface area contributed by atoms with Crippen molar-refractivity contribution in [2.24, 2.45) is 0 Å². The molecule has 2 heterocycles. The molecule has 2 rings (SSSR count). The van der Waals surface area contributed by atoms with Crippen LogP contribution in [0.25, 0.3) is 0 Å². The van der Waals surface area contributed by atoms with Gasteiger partial charge >= 0.3 is 17.9 Å². The number of carbonyl (C=O) groups is 2. The van der Waals surface area contributed by atoms with Crippen LogP contribution in [0.1, 0.15) is 31.3 Å². The molecule has 0 saturated heterocycles. The molecular formula is C18H21N3O7. The van der Waals surface area contributed by atoms with E-state index >= 15 is 0 Å². The minimum Gasteiger partial charge on any atom is -0.481 e. The maximum atomic E-state index is 12.3. The third-order valence-electron chi connectivity index (χ3n) is 2.98. The summed E-state index contributed by atoms with van der Waals surface area (Å²) in [6, 6.07) is 4.38. The summed E-state index contributed by atoms with van der Waals surface area (Å²) in [7, 11) is 2.85. The molecule has 150 valence electrons. The van der Waals surface area contributed by atoms with Gasteiger partial charge in [-0.2, -0.15) is 9.97 Å². The third-order valence-corrected chi connectivity index (χ3v) is 2.98. The molecule has 0 spiro atoms. The SMILES string of the molecule is COc1cc(OC)nc(Oc2cccnc2C(=O)OCC(=O)OC(C)(C)C)n1. The lowest BCUT2D eigenvalue weighted by molar-refractivity contribution is -0.158. The summed E-state index contributed by atoms with van der Waals surface area (Å²) in [5, 5.41) is 0. The molecule has 0 N–H and O–H groups in total. The van der Waals surface area contributed by atoms with E-state index in [-0.39, 0.29) is 29.2 Å². The van der Waals surface area contributed by atoms with Crippen molar-refractivity contribution in [1.29, 1.82) is 0 Å². The Balaban J connectivity index is 2.14. The molecule has 0 aliphatic carbocycles. The molecule has 0 atom stereocenters. The fraction of sp³-hybridized carbons (Fsp3) is 0.389. The van der Waals surface area contributed by atoms with Gasteiger partial charge < -0.3 is 23.7 Å². The molecule has 10 nitrogen and oxygen atoms in total. The topological polar surface area (TPSA) is 119 Å². The highest BCUT2D eigenvalue weighted by Gasteiger charge is 2.21. The Kier molecular flexibility index (Phi) is 6.69. The molecule has 10 heteroatoms. The maximum absolute atomic E-state index is 12.3. The monoisotopic (exact) mass is 391 g/mol. The van der Waals surface area contributed by atoms with Crippen LogP contribution >= 0.6 is 0 Å². The summed E-state index contributed by atoms with van der Waals surface area (Å²) >= 11 is 0. The summed E-state index contributed by atoms with van der Waals surface area (Å²) in [4.78, 5) is 36.0. The molecule has 0 radical (unpaired) electrons. The molecule has 28 heavy (non-hydrogen) atoms. The van der Waals surface area contributed by atoms with Crippen LogP contribution < -0.4 is 14.2 Å². The number of aromatic nitrogens is 3. The zero-order valence-electron chi connectivity index (χ0n) is 16.2. The Morgan fingerprint density at radius 3 is 2.29 bits per heavy atom. The summed E-state index contributed by atoms with van der Waals surface area (Å²) in [6.45, 7) is 4.56. The average molecular weight is 391 g/mol. The molecule has 0 unspecified atom stereocenters. The minimum absolute atomic E-state index is 0.0343. The van der Waals surface area contributed by atoms with Crippen molar-refractivity contribution in [2.75, 3.05) is 20.8 Å². The molecule has 0 aromatic carbocycles. The van der Waals surface area contributed by atoms with E-state index < -0.39 is 24.1 Å². The lowest BCUT2D eigenvalue weighted by Crippen LogP contribution is -2.27. The molecular weight excluding hydrogens is 370 g/mol. The van der Waals surface area contributed by atoms with Crippen LogP contribution in [0, 0.1) is 0 Å². The fourth-order valence-corrected chi connectivity index (χ4v) is 1.93. The van der Waals surface area contributed by atoms with Crippen LogP contribution in [-0.2, 0) is 14.3 Å². The molecule has 0 aliphatic rings. The fourth-order valence-electron chi connectivity index (χ4n) is 1.93. The van der Waals surface area contributed by atoms with E-state index in [1.165, 1.54) is 32.5 Å². The van der Waals surface area contributed by atoms with Gasteiger partial charge in [0.25, 0.3) is 0 Å². The summed E-state index contributed by atoms with van der Waals surface area (Å²) in [5.41, 5.74) is -0.845. The Labute approximate surface area is 161 Å². The van der Waals surface area contributed by atoms with Gasteiger partial charge in [-0.1, -0.05) is 0 Å². The second-order valence-electron chi connectivity index (χ2n) is 6.35. The molecule has 2 aromatic rings. The Hall–Kier alpha value is -3.43. The van der Waals surface area contributed by atoms with Crippen LogP contribution in [0.15, 0.2) is 24.4 Å². The second kappa shape index (κ2) is 8.98. The van der Waals surface area contributed by atoms with Crippen molar-refractivity contribution in [3.8, 4) is 23.5 Å². The average Bonchev–Trinajstić information content (AvgIpc) is 2.64. The number of nitrogens with zero attached hydrogens (tertiary/aromatic N) is 3. The Morgan fingerprint density at radius 1 is 1.07 bits per heavy atom. The van der Waals surface area contributed by atoms with Gasteiger partial charge in [0.1, 0.15) is 5.60 Å². The van der Waals surface area contributed by atoms with E-state index in [4.69, 9.17) is 23.7 Å². The van der Waals surface area contributed by atoms with Gasteiger partial charge in [0, 0.05) is 6.20 Å². The second-order valence-corrected chi connectivity index (χ2v) is 6.35. The van der Waals surface area contributed by atoms with Crippen LogP contribution in [0.5, 0.6) is 23.5 Å². The first-order valence-corrected chi connectivity index (χ1v) is 8.20. The van der Waals surface area contributed by atoms with Crippen LogP contribution in [-0.4, -0.2) is 53.3 Å². The van der Waals surface area contributed by atoms with Gasteiger partial charge in [0.2, 0.25) is 11.8 Å². The highest BCUT2D eigenvalue weighted by molar-refractivity contribution is 5.91. The zero-order chi connectivity index (χ0) is 20.7. The Bertz CT molecular complexity index is 827. The normalized spacial score (nSPS) is 10.8. The van der Waals surface area contributed by atoms with E-state index in [1.54, 1.807) is 26.8 Å². The molecule has 2 aromatic heterocycles. The van der Waals surface area contributed by atoms with E-state index in [0.717, 1.165) is 0 Å². The Morgan fingerprint density at radius 2 is 1.71 bits per heavy atom. The number of hydrogen-bond acceptors (Lipinski definition) is 10. The maximum Gasteiger partial charge on any atom is 0.361 e. The largest absolute Gasteiger partial charge is 0.481 e. The summed E-state index contributed by atoms with van der Waals surface area (Å²) < 4.78 is 25.7. The van der Waals surface area contributed by atoms with Crippen molar-refractivity contribution in [1.82, 2.24) is 15.0 Å². The molecule has 0 amide bonds. The van der Waals surface area contributed by atoms with Crippen molar-refractivity contribution in [2.45, 2.75) is 26.4 Å². The van der Waals surface area contributed by atoms with E-state index in [1.807, 2.05) is 0 Å². The van der Waals surface area contributed by atoms with Gasteiger partial charge in [-0.25, -0.2) is 14.6 Å². The van der Waals surface area contributed by atoms with Gasteiger partial charge in [0.05, 0.1) is 20.3 Å². The first-order chi connectivity index (χ1) is 13.2. The number of rotatable bonds is 7. The van der Waals surface area contributed by atoms with Crippen molar-refractivity contribution in [3.05, 3.63) is 30.1 Å². The van der Waals surface area contributed by atoms with Crippen LogP contribution in [0.3, 0.4) is 0 Å². The highest BCUT2D eigenvalue weighted by Crippen LogP contribution is 2.25. The van der Waals surface area contributed by atoms with Crippen molar-refractivity contribution >= 4 is 11.9 Å². The first kappa shape index (κ1) is 20.9. The van der Waals surface area contributed by atoms with Crippen molar-refractivity contribution < 1.29 is 33.3 Å². The number of esters is 2. The minimum atomic E-state index is -0.865. The van der Waals surface area contributed by atoms with Gasteiger partial charge in [0.15, 0.2) is 18.1 Å². The number of ether oxygens (including phenoxy) is 5. The van der Waals surface area contributed by atoms with Gasteiger partial charge in [-0.15, -0.1) is 0 Å². The van der Waals surface area contributed by atoms with Gasteiger partial charge in [-0.05, 0) is 32.9 Å². The van der Waals surface area contributed by atoms with Crippen molar-refractivity contribution in [3.63, 3.8) is 0 Å². The zero-order valence-corrected chi connectivity index (χ0v) is 16.2.